The number of hydrogen-bond donors (Lipinski definition) is 3. The summed E-state index contributed by atoms with van der Waals surface area (Å²) in [6.07, 6.45) is 0.553. The smallest absolute Gasteiger partial charge is 0.413 e. The molecule has 3 N–H and O–H groups in total. The van der Waals surface area contributed by atoms with E-state index < -0.39 is 34.3 Å². The number of aromatic nitrogens is 3. The molecule has 1 saturated carbocycles. The lowest BCUT2D eigenvalue weighted by Crippen LogP contribution is -2.42. The van der Waals surface area contributed by atoms with Crippen LogP contribution in [-0.2, 0) is 11.8 Å². The standard InChI is InChI=1S/C30H30FIN6O5S/c1-15-23(33-17-7-6-8-18(14-17)34-27(44)35-28(41)43-30(2,3)4)22-24(36(5)25(15)39)38(21-12-9-16(32)13-20(21)31)29(42)37(26(22)40)19-10-11-19/h6-9,12-14,19,33H,10-11H2,1-5H3,(H2,34,35,41,44). The quantitative estimate of drug-likeness (QED) is 0.189. The fourth-order valence-electron chi connectivity index (χ4n) is 4.86. The van der Waals surface area contributed by atoms with Gasteiger partial charge in [-0.25, -0.2) is 18.5 Å². The van der Waals surface area contributed by atoms with E-state index in [-0.39, 0.29) is 39.1 Å². The molecule has 1 aliphatic carbocycles. The van der Waals surface area contributed by atoms with Gasteiger partial charge in [0.1, 0.15) is 22.5 Å². The zero-order valence-corrected chi connectivity index (χ0v) is 27.6. The molecule has 5 rings (SSSR count). The number of nitrogens with zero attached hydrogens (tertiary/aromatic N) is 3. The summed E-state index contributed by atoms with van der Waals surface area (Å²) in [5.41, 5.74) is -1.19. The molecule has 4 aromatic rings. The van der Waals surface area contributed by atoms with Crippen LogP contribution in [0, 0.1) is 16.3 Å². The van der Waals surface area contributed by atoms with Crippen LogP contribution in [-0.4, -0.2) is 30.5 Å². The van der Waals surface area contributed by atoms with Crippen molar-refractivity contribution in [2.24, 2.45) is 7.05 Å². The van der Waals surface area contributed by atoms with Crippen molar-refractivity contribution in [3.8, 4) is 5.69 Å². The Balaban J connectivity index is 1.63. The Kier molecular flexibility index (Phi) is 8.41. The van der Waals surface area contributed by atoms with Crippen molar-refractivity contribution < 1.29 is 13.9 Å². The predicted molar refractivity (Wildman–Crippen MR) is 180 cm³/mol. The molecule has 2 aromatic carbocycles. The SMILES string of the molecule is Cc1c(Nc2cccc(NC(=S)NC(=O)OC(C)(C)C)c2)c2c(=O)n(C3CC3)c(=O)n(-c3ccc(I)cc3F)c2n(C)c1=O. The van der Waals surface area contributed by atoms with Crippen LogP contribution in [0.2, 0.25) is 0 Å². The highest BCUT2D eigenvalue weighted by molar-refractivity contribution is 14.1. The minimum Gasteiger partial charge on any atom is -0.444 e. The van der Waals surface area contributed by atoms with Crippen LogP contribution in [0.15, 0.2) is 56.8 Å². The van der Waals surface area contributed by atoms with Crippen LogP contribution in [0.25, 0.3) is 16.7 Å². The molecular formula is C30H30FIN6O5S. The first-order chi connectivity index (χ1) is 20.7. The minimum absolute atomic E-state index is 0.00231. The molecule has 0 spiro atoms. The third-order valence-electron chi connectivity index (χ3n) is 6.90. The molecule has 0 radical (unpaired) electrons. The van der Waals surface area contributed by atoms with Crippen molar-refractivity contribution in [3.05, 3.63) is 88.6 Å². The summed E-state index contributed by atoms with van der Waals surface area (Å²) in [6, 6.07) is 10.9. The lowest BCUT2D eigenvalue weighted by Gasteiger charge is -2.21. The number of benzene rings is 2. The Morgan fingerprint density at radius 1 is 1.07 bits per heavy atom. The molecule has 1 amide bonds. The average molecular weight is 733 g/mol. The second-order valence-electron chi connectivity index (χ2n) is 11.5. The molecule has 0 saturated heterocycles. The van der Waals surface area contributed by atoms with Crippen LogP contribution in [0.4, 0.5) is 26.2 Å². The van der Waals surface area contributed by atoms with Gasteiger partial charge >= 0.3 is 11.8 Å². The molecule has 2 aromatic heterocycles. The van der Waals surface area contributed by atoms with Crippen molar-refractivity contribution in [2.45, 2.75) is 52.2 Å². The number of aryl methyl sites for hydroxylation is 1. The second kappa shape index (κ2) is 11.8. The number of halogens is 2. The van der Waals surface area contributed by atoms with Gasteiger partial charge in [0, 0.05) is 33.6 Å². The number of alkyl carbamates (subject to hydrolysis) is 1. The number of rotatable bonds is 5. The highest BCUT2D eigenvalue weighted by Crippen LogP contribution is 2.34. The average Bonchev–Trinajstić information content (AvgIpc) is 3.75. The van der Waals surface area contributed by atoms with E-state index in [1.807, 2.05) is 22.6 Å². The zero-order chi connectivity index (χ0) is 32.1. The van der Waals surface area contributed by atoms with E-state index in [0.29, 0.717) is 27.8 Å². The van der Waals surface area contributed by atoms with Gasteiger partial charge in [-0.05, 0) is 112 Å². The van der Waals surface area contributed by atoms with Crippen LogP contribution >= 0.6 is 34.8 Å². The van der Waals surface area contributed by atoms with Gasteiger partial charge in [0.05, 0.1) is 11.4 Å². The predicted octanol–water partition coefficient (Wildman–Crippen LogP) is 5.20. The fourth-order valence-corrected chi connectivity index (χ4v) is 5.51. The summed E-state index contributed by atoms with van der Waals surface area (Å²) in [6.45, 7) is 6.78. The summed E-state index contributed by atoms with van der Waals surface area (Å²) in [5.74, 6) is -0.668. The summed E-state index contributed by atoms with van der Waals surface area (Å²) in [5, 5.41) is 8.62. The van der Waals surface area contributed by atoms with Crippen LogP contribution in [0.1, 0.15) is 45.2 Å². The largest absolute Gasteiger partial charge is 0.444 e. The molecule has 1 aliphatic rings. The number of ether oxygens (including phenoxy) is 1. The molecule has 11 nitrogen and oxygen atoms in total. The van der Waals surface area contributed by atoms with Crippen molar-refractivity contribution in [1.82, 2.24) is 19.0 Å². The topological polar surface area (TPSA) is 128 Å². The van der Waals surface area contributed by atoms with Crippen molar-refractivity contribution in [2.75, 3.05) is 10.6 Å². The molecule has 0 bridgehead atoms. The zero-order valence-electron chi connectivity index (χ0n) is 24.6. The fraction of sp³-hybridized carbons (Fsp3) is 0.300. The maximum absolute atomic E-state index is 15.4. The lowest BCUT2D eigenvalue weighted by molar-refractivity contribution is 0.0564. The number of thiocarbonyl (C=S) groups is 1. The Morgan fingerprint density at radius 2 is 1.75 bits per heavy atom. The maximum Gasteiger partial charge on any atom is 0.413 e. The number of fused-ring (bicyclic) bond motifs is 1. The number of hydrogen-bond acceptors (Lipinski definition) is 7. The van der Waals surface area contributed by atoms with Gasteiger partial charge < -0.3 is 15.4 Å². The molecular weight excluding hydrogens is 702 g/mol. The number of carbonyl (C=O) groups is 1. The van der Waals surface area contributed by atoms with E-state index in [1.54, 1.807) is 58.0 Å². The van der Waals surface area contributed by atoms with Crippen LogP contribution < -0.4 is 32.8 Å². The maximum atomic E-state index is 15.4. The van der Waals surface area contributed by atoms with Gasteiger partial charge in [-0.2, -0.15) is 0 Å². The van der Waals surface area contributed by atoms with Gasteiger partial charge in [0.2, 0.25) is 0 Å². The Labute approximate surface area is 270 Å². The van der Waals surface area contributed by atoms with E-state index in [0.717, 1.165) is 9.13 Å². The third-order valence-corrected chi connectivity index (χ3v) is 7.78. The van der Waals surface area contributed by atoms with Gasteiger partial charge in [-0.1, -0.05) is 6.07 Å². The summed E-state index contributed by atoms with van der Waals surface area (Å²) in [7, 11) is 1.45. The van der Waals surface area contributed by atoms with Gasteiger partial charge in [-0.15, -0.1) is 0 Å². The second-order valence-corrected chi connectivity index (χ2v) is 13.1. The Hall–Kier alpha value is -4.05. The molecule has 1 fully saturated rings. The van der Waals surface area contributed by atoms with E-state index in [4.69, 9.17) is 17.0 Å². The lowest BCUT2D eigenvalue weighted by atomic mass is 10.1. The number of pyridine rings is 1. The van der Waals surface area contributed by atoms with Gasteiger partial charge in [0.25, 0.3) is 11.1 Å². The van der Waals surface area contributed by atoms with Crippen molar-refractivity contribution >= 4 is 74.1 Å². The molecule has 0 atom stereocenters. The van der Waals surface area contributed by atoms with Crippen molar-refractivity contribution in [3.63, 3.8) is 0 Å². The summed E-state index contributed by atoms with van der Waals surface area (Å²) >= 11 is 7.22. The molecule has 14 heteroatoms. The summed E-state index contributed by atoms with van der Waals surface area (Å²) < 4.78 is 24.7. The monoisotopic (exact) mass is 732 g/mol. The van der Waals surface area contributed by atoms with E-state index >= 15 is 4.39 Å². The molecule has 2 heterocycles. The highest BCUT2D eigenvalue weighted by Gasteiger charge is 2.32. The third kappa shape index (κ3) is 6.26. The molecule has 44 heavy (non-hydrogen) atoms. The summed E-state index contributed by atoms with van der Waals surface area (Å²) in [4.78, 5) is 53.4. The van der Waals surface area contributed by atoms with Gasteiger partial charge in [0.15, 0.2) is 5.11 Å². The van der Waals surface area contributed by atoms with Crippen LogP contribution in [0.5, 0.6) is 0 Å². The first-order valence-electron chi connectivity index (χ1n) is 13.7. The first kappa shape index (κ1) is 31.4. The normalized spacial score (nSPS) is 13.1. The Bertz CT molecular complexity index is 2030. The van der Waals surface area contributed by atoms with Crippen LogP contribution in [0.3, 0.4) is 0 Å². The molecule has 230 valence electrons. The highest BCUT2D eigenvalue weighted by atomic mass is 127. The van der Waals surface area contributed by atoms with E-state index in [2.05, 4.69) is 16.0 Å². The van der Waals surface area contributed by atoms with Crippen molar-refractivity contribution in [1.29, 1.82) is 0 Å². The first-order valence-corrected chi connectivity index (χ1v) is 15.2. The van der Waals surface area contributed by atoms with E-state index in [9.17, 15) is 19.2 Å². The Morgan fingerprint density at radius 3 is 2.39 bits per heavy atom. The number of anilines is 3. The van der Waals surface area contributed by atoms with Gasteiger partial charge in [-0.3, -0.25) is 24.0 Å². The minimum atomic E-state index is -0.716. The number of nitrogens with one attached hydrogen (secondary N) is 3. The van der Waals surface area contributed by atoms with E-state index in [1.165, 1.54) is 23.7 Å². The number of amides is 1. The molecule has 0 unspecified atom stereocenters. The number of carbonyl (C=O) groups excluding carboxylic acids is 1. The molecule has 0 aliphatic heterocycles.